The molecule has 0 saturated carbocycles. The number of carbonyl (C=O) groups is 2. The van der Waals surface area contributed by atoms with Crippen LogP contribution in [0.15, 0.2) is 12.1 Å². The molecule has 0 aliphatic rings. The van der Waals surface area contributed by atoms with Crippen LogP contribution in [0.1, 0.15) is 39.1 Å². The number of ether oxygens (including phenoxy) is 1. The molecule has 2 aromatic heterocycles. The van der Waals surface area contributed by atoms with Crippen molar-refractivity contribution in [3.05, 3.63) is 39.5 Å². The van der Waals surface area contributed by atoms with E-state index >= 15 is 0 Å². The van der Waals surface area contributed by atoms with E-state index in [2.05, 4.69) is 4.57 Å². The molecule has 4 nitrogen and oxygen atoms in total. The van der Waals surface area contributed by atoms with Gasteiger partial charge in [0, 0.05) is 16.3 Å². The summed E-state index contributed by atoms with van der Waals surface area (Å²) in [4.78, 5) is 24.4. The second-order valence-electron chi connectivity index (χ2n) is 5.19. The van der Waals surface area contributed by atoms with Crippen LogP contribution in [-0.2, 0) is 9.53 Å². The lowest BCUT2D eigenvalue weighted by atomic mass is 10.1. The Morgan fingerprint density at radius 3 is 2.24 bits per heavy atom. The summed E-state index contributed by atoms with van der Waals surface area (Å²) in [7, 11) is 0. The predicted molar refractivity (Wildman–Crippen MR) is 83.6 cm³/mol. The van der Waals surface area contributed by atoms with E-state index in [9.17, 15) is 9.59 Å². The first-order chi connectivity index (χ1) is 9.82. The van der Waals surface area contributed by atoms with Crippen molar-refractivity contribution >= 4 is 23.1 Å². The molecule has 0 fully saturated rings. The van der Waals surface area contributed by atoms with Gasteiger partial charge in [-0.15, -0.1) is 11.3 Å². The van der Waals surface area contributed by atoms with Crippen molar-refractivity contribution in [2.45, 2.75) is 34.6 Å². The minimum absolute atomic E-state index is 0.164. The molecule has 21 heavy (non-hydrogen) atoms. The summed E-state index contributed by atoms with van der Waals surface area (Å²) < 4.78 is 7.16. The molecule has 112 valence electrons. The summed E-state index contributed by atoms with van der Waals surface area (Å²) >= 11 is 1.57. The number of thiophene rings is 1. The summed E-state index contributed by atoms with van der Waals surface area (Å²) in [6.07, 6.45) is 0. The van der Waals surface area contributed by atoms with Crippen molar-refractivity contribution in [2.75, 3.05) is 6.61 Å². The van der Waals surface area contributed by atoms with Gasteiger partial charge < -0.3 is 9.30 Å². The SMILES string of the molecule is CC(=O)COC(=O)c1c(-n2c(C)ccc2C)sc(C)c1C. The maximum Gasteiger partial charge on any atom is 0.341 e. The molecule has 0 aliphatic carbocycles. The molecule has 2 aromatic rings. The number of aromatic nitrogens is 1. The first-order valence-electron chi connectivity index (χ1n) is 6.74. The molecule has 0 amide bonds. The van der Waals surface area contributed by atoms with E-state index in [4.69, 9.17) is 4.74 Å². The summed E-state index contributed by atoms with van der Waals surface area (Å²) in [5.74, 6) is -0.600. The number of aryl methyl sites for hydroxylation is 3. The van der Waals surface area contributed by atoms with Crippen molar-refractivity contribution < 1.29 is 14.3 Å². The molecule has 0 radical (unpaired) electrons. The summed E-state index contributed by atoms with van der Waals surface area (Å²) in [6, 6.07) is 4.04. The van der Waals surface area contributed by atoms with Gasteiger partial charge >= 0.3 is 5.97 Å². The van der Waals surface area contributed by atoms with Crippen molar-refractivity contribution in [3.8, 4) is 5.00 Å². The number of Topliss-reactive ketones (excluding diaryl/α,β-unsaturated/α-hetero) is 1. The van der Waals surface area contributed by atoms with Crippen LogP contribution in [-0.4, -0.2) is 22.9 Å². The van der Waals surface area contributed by atoms with Gasteiger partial charge in [0.1, 0.15) is 11.6 Å². The standard InChI is InChI=1S/C16H19NO3S/c1-9-6-7-10(2)17(9)15-14(12(4)13(5)21-15)16(19)20-8-11(3)18/h6-7H,8H2,1-5H3. The lowest BCUT2D eigenvalue weighted by Crippen LogP contribution is -2.14. The number of esters is 1. The van der Waals surface area contributed by atoms with Gasteiger partial charge in [0.2, 0.25) is 0 Å². The number of carbonyl (C=O) groups excluding carboxylic acids is 2. The Hall–Kier alpha value is -1.88. The van der Waals surface area contributed by atoms with Crippen LogP contribution in [0.3, 0.4) is 0 Å². The van der Waals surface area contributed by atoms with Crippen molar-refractivity contribution in [3.63, 3.8) is 0 Å². The van der Waals surface area contributed by atoms with Crippen LogP contribution in [0.25, 0.3) is 5.00 Å². The number of ketones is 1. The minimum atomic E-state index is -0.436. The Bertz CT molecular complexity index is 690. The lowest BCUT2D eigenvalue weighted by molar-refractivity contribution is -0.120. The van der Waals surface area contributed by atoms with Gasteiger partial charge in [-0.3, -0.25) is 4.79 Å². The van der Waals surface area contributed by atoms with Crippen molar-refractivity contribution in [1.82, 2.24) is 4.57 Å². The Balaban J connectivity index is 2.51. The maximum absolute atomic E-state index is 12.3. The van der Waals surface area contributed by atoms with Gasteiger partial charge in [-0.2, -0.15) is 0 Å². The van der Waals surface area contributed by atoms with Gasteiger partial charge in [0.25, 0.3) is 0 Å². The highest BCUT2D eigenvalue weighted by Gasteiger charge is 2.23. The zero-order valence-corrected chi connectivity index (χ0v) is 13.8. The topological polar surface area (TPSA) is 48.3 Å². The third-order valence-corrected chi connectivity index (χ3v) is 4.64. The number of hydrogen-bond donors (Lipinski definition) is 0. The fourth-order valence-corrected chi connectivity index (χ4v) is 3.50. The predicted octanol–water partition coefficient (Wildman–Crippen LogP) is 3.52. The summed E-state index contributed by atoms with van der Waals surface area (Å²) in [6.45, 7) is 9.12. The third-order valence-electron chi connectivity index (χ3n) is 3.45. The quantitative estimate of drug-likeness (QED) is 0.812. The molecular formula is C16H19NO3S. The van der Waals surface area contributed by atoms with Crippen molar-refractivity contribution in [2.24, 2.45) is 0 Å². The summed E-state index contributed by atoms with van der Waals surface area (Å²) in [5, 5.41) is 0.860. The van der Waals surface area contributed by atoms with Crippen LogP contribution in [0.5, 0.6) is 0 Å². The number of hydrogen-bond acceptors (Lipinski definition) is 4. The minimum Gasteiger partial charge on any atom is -0.454 e. The highest BCUT2D eigenvalue weighted by atomic mass is 32.1. The van der Waals surface area contributed by atoms with E-state index in [-0.39, 0.29) is 12.4 Å². The van der Waals surface area contributed by atoms with Gasteiger partial charge in [-0.25, -0.2) is 4.79 Å². The van der Waals surface area contributed by atoms with Gasteiger partial charge in [-0.05, 0) is 52.3 Å². The van der Waals surface area contributed by atoms with E-state index in [1.54, 1.807) is 11.3 Å². The largest absolute Gasteiger partial charge is 0.454 e. The fraction of sp³-hybridized carbons (Fsp3) is 0.375. The second kappa shape index (κ2) is 5.85. The molecular weight excluding hydrogens is 286 g/mol. The average molecular weight is 305 g/mol. The third kappa shape index (κ3) is 2.93. The molecule has 0 aromatic carbocycles. The number of nitrogens with zero attached hydrogens (tertiary/aromatic N) is 1. The normalized spacial score (nSPS) is 10.7. The molecule has 0 bridgehead atoms. The highest BCUT2D eigenvalue weighted by Crippen LogP contribution is 2.33. The van der Waals surface area contributed by atoms with Crippen LogP contribution >= 0.6 is 11.3 Å². The Morgan fingerprint density at radius 2 is 1.71 bits per heavy atom. The molecule has 0 N–H and O–H groups in total. The highest BCUT2D eigenvalue weighted by molar-refractivity contribution is 7.15. The van der Waals surface area contributed by atoms with Crippen LogP contribution in [0, 0.1) is 27.7 Å². The zero-order chi connectivity index (χ0) is 15.7. The Labute approximate surface area is 128 Å². The van der Waals surface area contributed by atoms with Gasteiger partial charge in [-0.1, -0.05) is 0 Å². The van der Waals surface area contributed by atoms with E-state index in [1.165, 1.54) is 6.92 Å². The molecule has 0 atom stereocenters. The lowest BCUT2D eigenvalue weighted by Gasteiger charge is -2.10. The van der Waals surface area contributed by atoms with E-state index < -0.39 is 5.97 Å². The maximum atomic E-state index is 12.3. The molecule has 0 aliphatic heterocycles. The zero-order valence-electron chi connectivity index (χ0n) is 12.9. The summed E-state index contributed by atoms with van der Waals surface area (Å²) in [5.41, 5.74) is 3.60. The molecule has 0 unspecified atom stereocenters. The molecule has 0 spiro atoms. The molecule has 2 heterocycles. The van der Waals surface area contributed by atoms with E-state index in [0.717, 1.165) is 26.8 Å². The Kier molecular flexibility index (Phi) is 4.32. The van der Waals surface area contributed by atoms with E-state index in [0.29, 0.717) is 5.56 Å². The first-order valence-corrected chi connectivity index (χ1v) is 7.56. The number of rotatable bonds is 4. The molecule has 0 saturated heterocycles. The smallest absolute Gasteiger partial charge is 0.341 e. The first kappa shape index (κ1) is 15.5. The van der Waals surface area contributed by atoms with Crippen molar-refractivity contribution in [1.29, 1.82) is 0 Å². The van der Waals surface area contributed by atoms with Crippen LogP contribution in [0.4, 0.5) is 0 Å². The van der Waals surface area contributed by atoms with Gasteiger partial charge in [0.15, 0.2) is 5.78 Å². The van der Waals surface area contributed by atoms with Crippen LogP contribution in [0.2, 0.25) is 0 Å². The fourth-order valence-electron chi connectivity index (χ4n) is 2.24. The molecule has 5 heteroatoms. The monoisotopic (exact) mass is 305 g/mol. The van der Waals surface area contributed by atoms with Crippen LogP contribution < -0.4 is 0 Å². The van der Waals surface area contributed by atoms with E-state index in [1.807, 2.05) is 39.8 Å². The van der Waals surface area contributed by atoms with Gasteiger partial charge in [0.05, 0.1) is 5.56 Å². The molecule has 2 rings (SSSR count). The average Bonchev–Trinajstić information content (AvgIpc) is 2.88. The second-order valence-corrected chi connectivity index (χ2v) is 6.40. The Morgan fingerprint density at radius 1 is 1.14 bits per heavy atom.